The molecule has 1 amide bonds. The van der Waals surface area contributed by atoms with E-state index in [1.165, 1.54) is 0 Å². The van der Waals surface area contributed by atoms with Crippen LogP contribution in [0.5, 0.6) is 0 Å². The molecule has 27 heavy (non-hydrogen) atoms. The monoisotopic (exact) mass is 367 g/mol. The third kappa shape index (κ3) is 3.99. The molecule has 0 aromatic heterocycles. The molecule has 142 valence electrons. The number of fused-ring (bicyclic) bond motifs is 1. The van der Waals surface area contributed by atoms with E-state index in [1.807, 2.05) is 60.7 Å². The van der Waals surface area contributed by atoms with Crippen molar-refractivity contribution < 1.29 is 19.0 Å². The smallest absolute Gasteiger partial charge is 0.412 e. The van der Waals surface area contributed by atoms with Crippen LogP contribution in [0.25, 0.3) is 0 Å². The highest BCUT2D eigenvalue weighted by Gasteiger charge is 2.46. The summed E-state index contributed by atoms with van der Waals surface area (Å²) in [5, 5.41) is 0. The van der Waals surface area contributed by atoms with Crippen molar-refractivity contribution in [2.75, 3.05) is 13.2 Å². The Morgan fingerprint density at radius 1 is 1.11 bits per heavy atom. The maximum atomic E-state index is 12.7. The van der Waals surface area contributed by atoms with Crippen molar-refractivity contribution >= 4 is 6.09 Å². The molecule has 2 heterocycles. The van der Waals surface area contributed by atoms with Crippen molar-refractivity contribution in [3.63, 3.8) is 0 Å². The Balaban J connectivity index is 1.33. The molecule has 2 aromatic carbocycles. The Labute approximate surface area is 159 Å². The van der Waals surface area contributed by atoms with Crippen molar-refractivity contribution in [3.05, 3.63) is 71.8 Å². The lowest BCUT2D eigenvalue weighted by Crippen LogP contribution is -2.49. The molecule has 0 bridgehead atoms. The molecule has 0 unspecified atom stereocenters. The first-order valence-electron chi connectivity index (χ1n) is 9.49. The summed E-state index contributed by atoms with van der Waals surface area (Å²) in [6.45, 7) is 3.67. The predicted octanol–water partition coefficient (Wildman–Crippen LogP) is 4.15. The van der Waals surface area contributed by atoms with E-state index >= 15 is 0 Å². The second-order valence-electron chi connectivity index (χ2n) is 7.26. The van der Waals surface area contributed by atoms with E-state index in [9.17, 15) is 4.79 Å². The Morgan fingerprint density at radius 3 is 2.56 bits per heavy atom. The van der Waals surface area contributed by atoms with Crippen LogP contribution in [-0.4, -0.2) is 36.5 Å². The summed E-state index contributed by atoms with van der Waals surface area (Å²) in [6.07, 6.45) is -0.0371. The normalized spacial score (nSPS) is 25.7. The molecule has 2 aliphatic rings. The van der Waals surface area contributed by atoms with Crippen LogP contribution < -0.4 is 0 Å². The number of carbonyl (C=O) groups excluding carboxylic acids is 1. The molecule has 4 atom stereocenters. The Hall–Kier alpha value is -2.37. The van der Waals surface area contributed by atoms with Crippen molar-refractivity contribution in [2.24, 2.45) is 5.92 Å². The van der Waals surface area contributed by atoms with E-state index < -0.39 is 0 Å². The lowest BCUT2D eigenvalue weighted by atomic mass is 9.99. The molecule has 2 aliphatic heterocycles. The Bertz CT molecular complexity index is 751. The van der Waals surface area contributed by atoms with Crippen LogP contribution in [0.4, 0.5) is 4.79 Å². The fourth-order valence-corrected chi connectivity index (χ4v) is 3.75. The first kappa shape index (κ1) is 18.0. The van der Waals surface area contributed by atoms with Crippen LogP contribution in [0.15, 0.2) is 60.7 Å². The first-order chi connectivity index (χ1) is 13.2. The third-order valence-electron chi connectivity index (χ3n) is 5.30. The number of rotatable bonds is 6. The van der Waals surface area contributed by atoms with Gasteiger partial charge in [0.25, 0.3) is 0 Å². The van der Waals surface area contributed by atoms with Crippen LogP contribution in [0, 0.1) is 5.92 Å². The number of carbonyl (C=O) groups is 1. The zero-order valence-electron chi connectivity index (χ0n) is 15.5. The van der Waals surface area contributed by atoms with E-state index in [0.717, 1.165) is 11.1 Å². The highest BCUT2D eigenvalue weighted by Crippen LogP contribution is 2.37. The topological polar surface area (TPSA) is 48.0 Å². The highest BCUT2D eigenvalue weighted by atomic mass is 16.6. The number of amides is 1. The maximum absolute atomic E-state index is 12.7. The van der Waals surface area contributed by atoms with Gasteiger partial charge in [0.15, 0.2) is 0 Å². The summed E-state index contributed by atoms with van der Waals surface area (Å²) < 4.78 is 17.5. The second kappa shape index (κ2) is 8.11. The van der Waals surface area contributed by atoms with Gasteiger partial charge in [-0.25, -0.2) is 4.79 Å². The standard InChI is InChI=1S/C22H25NO4/c1-16(13-25-14-17-8-4-2-5-9-17)20-12-21-23(22(24)27-20)19(15-26-21)18-10-6-3-7-11-18/h2-11,16,19-21H,12-15H2,1H3/t16-,19-,20+,21+/m0/s1. The molecule has 0 aliphatic carbocycles. The summed E-state index contributed by atoms with van der Waals surface area (Å²) in [4.78, 5) is 14.4. The molecule has 0 saturated carbocycles. The quantitative estimate of drug-likeness (QED) is 0.770. The molecular weight excluding hydrogens is 342 g/mol. The van der Waals surface area contributed by atoms with Gasteiger partial charge in [-0.15, -0.1) is 0 Å². The maximum Gasteiger partial charge on any atom is 0.412 e. The van der Waals surface area contributed by atoms with E-state index in [4.69, 9.17) is 14.2 Å². The van der Waals surface area contributed by atoms with Gasteiger partial charge in [-0.1, -0.05) is 67.6 Å². The zero-order chi connectivity index (χ0) is 18.6. The summed E-state index contributed by atoms with van der Waals surface area (Å²) in [7, 11) is 0. The van der Waals surface area contributed by atoms with Crippen LogP contribution in [0.2, 0.25) is 0 Å². The fraction of sp³-hybridized carbons (Fsp3) is 0.409. The molecule has 0 spiro atoms. The van der Waals surface area contributed by atoms with Crippen molar-refractivity contribution in [1.29, 1.82) is 0 Å². The summed E-state index contributed by atoms with van der Waals surface area (Å²) >= 11 is 0. The molecule has 5 nitrogen and oxygen atoms in total. The predicted molar refractivity (Wildman–Crippen MR) is 101 cm³/mol. The van der Waals surface area contributed by atoms with Gasteiger partial charge < -0.3 is 14.2 Å². The molecule has 4 rings (SSSR count). The van der Waals surface area contributed by atoms with Gasteiger partial charge in [0, 0.05) is 12.3 Å². The van der Waals surface area contributed by atoms with Gasteiger partial charge in [0.05, 0.1) is 25.9 Å². The number of hydrogen-bond donors (Lipinski definition) is 0. The molecule has 0 radical (unpaired) electrons. The number of hydrogen-bond acceptors (Lipinski definition) is 4. The van der Waals surface area contributed by atoms with E-state index in [2.05, 4.69) is 6.92 Å². The summed E-state index contributed by atoms with van der Waals surface area (Å²) in [6, 6.07) is 20.0. The lowest BCUT2D eigenvalue weighted by molar-refractivity contribution is -0.0851. The van der Waals surface area contributed by atoms with E-state index in [-0.39, 0.29) is 30.4 Å². The van der Waals surface area contributed by atoms with E-state index in [0.29, 0.717) is 26.2 Å². The molecule has 2 fully saturated rings. The van der Waals surface area contributed by atoms with Crippen molar-refractivity contribution in [1.82, 2.24) is 4.90 Å². The largest absolute Gasteiger partial charge is 0.445 e. The van der Waals surface area contributed by atoms with Gasteiger partial charge in [-0.3, -0.25) is 4.90 Å². The van der Waals surface area contributed by atoms with Crippen LogP contribution in [0.3, 0.4) is 0 Å². The van der Waals surface area contributed by atoms with Crippen LogP contribution in [-0.2, 0) is 20.8 Å². The van der Waals surface area contributed by atoms with Crippen molar-refractivity contribution in [2.45, 2.75) is 38.3 Å². The minimum absolute atomic E-state index is 0.0747. The number of benzene rings is 2. The molecule has 5 heteroatoms. The summed E-state index contributed by atoms with van der Waals surface area (Å²) in [5.41, 5.74) is 2.22. The minimum Gasteiger partial charge on any atom is -0.445 e. The number of cyclic esters (lactones) is 1. The van der Waals surface area contributed by atoms with Gasteiger partial charge in [0.2, 0.25) is 0 Å². The Kier molecular flexibility index (Phi) is 5.41. The van der Waals surface area contributed by atoms with Gasteiger partial charge in [0.1, 0.15) is 12.3 Å². The zero-order valence-corrected chi connectivity index (χ0v) is 15.5. The molecule has 2 saturated heterocycles. The van der Waals surface area contributed by atoms with Crippen LogP contribution in [0.1, 0.15) is 30.5 Å². The summed E-state index contributed by atoms with van der Waals surface area (Å²) in [5.74, 6) is 0.110. The lowest BCUT2D eigenvalue weighted by Gasteiger charge is -2.37. The highest BCUT2D eigenvalue weighted by molar-refractivity contribution is 5.70. The van der Waals surface area contributed by atoms with Gasteiger partial charge >= 0.3 is 6.09 Å². The Morgan fingerprint density at radius 2 is 1.81 bits per heavy atom. The van der Waals surface area contributed by atoms with Crippen molar-refractivity contribution in [3.8, 4) is 0 Å². The SMILES string of the molecule is C[C@@H](COCc1ccccc1)[C@H]1C[C@H]2OC[C@@H](c3ccccc3)N2C(=O)O1. The fourth-order valence-electron chi connectivity index (χ4n) is 3.75. The average Bonchev–Trinajstić information content (AvgIpc) is 3.14. The van der Waals surface area contributed by atoms with E-state index in [1.54, 1.807) is 4.90 Å². The van der Waals surface area contributed by atoms with Gasteiger partial charge in [-0.05, 0) is 11.1 Å². The number of ether oxygens (including phenoxy) is 3. The third-order valence-corrected chi connectivity index (χ3v) is 5.30. The molecule has 0 N–H and O–H groups in total. The van der Waals surface area contributed by atoms with Crippen LogP contribution >= 0.6 is 0 Å². The molecule has 2 aromatic rings. The average molecular weight is 367 g/mol. The molecular formula is C22H25NO4. The first-order valence-corrected chi connectivity index (χ1v) is 9.49. The second-order valence-corrected chi connectivity index (χ2v) is 7.26. The van der Waals surface area contributed by atoms with Gasteiger partial charge in [-0.2, -0.15) is 0 Å². The minimum atomic E-state index is -0.294. The number of nitrogens with zero attached hydrogens (tertiary/aromatic N) is 1.